The molecule has 1 aliphatic heterocycles. The molecule has 5 rings (SSSR count). The molecule has 0 saturated carbocycles. The number of ether oxygens (including phenoxy) is 2. The molecule has 0 spiro atoms. The van der Waals surface area contributed by atoms with Crippen LogP contribution in [0.25, 0.3) is 6.08 Å². The maximum Gasteiger partial charge on any atom is 0.345 e. The highest BCUT2D eigenvalue weighted by molar-refractivity contribution is 6.30. The fraction of sp³-hybridized carbons (Fsp3) is 0.129. The Hall–Kier alpha value is -4.20. The summed E-state index contributed by atoms with van der Waals surface area (Å²) in [6.07, 6.45) is 10.4. The molecule has 1 heterocycles. The number of hydrogen-bond acceptors (Lipinski definition) is 4. The van der Waals surface area contributed by atoms with Crippen molar-refractivity contribution in [3.63, 3.8) is 0 Å². The Kier molecular flexibility index (Phi) is 6.41. The van der Waals surface area contributed by atoms with Crippen LogP contribution in [0.5, 0.6) is 5.75 Å². The van der Waals surface area contributed by atoms with E-state index in [9.17, 15) is 4.79 Å². The summed E-state index contributed by atoms with van der Waals surface area (Å²) < 4.78 is 11.2. The summed E-state index contributed by atoms with van der Waals surface area (Å²) in [5, 5.41) is 4.23. The summed E-state index contributed by atoms with van der Waals surface area (Å²) in [5.41, 5.74) is 5.32. The third-order valence-corrected chi connectivity index (χ3v) is 5.97. The Morgan fingerprint density at radius 2 is 1.61 bits per heavy atom. The van der Waals surface area contributed by atoms with Gasteiger partial charge < -0.3 is 14.8 Å². The van der Waals surface area contributed by atoms with E-state index in [0.717, 1.165) is 28.0 Å². The zero-order valence-electron chi connectivity index (χ0n) is 19.9. The fourth-order valence-corrected chi connectivity index (χ4v) is 4.09. The number of fused-ring (bicyclic) bond motifs is 1. The molecule has 1 atom stereocenters. The van der Waals surface area contributed by atoms with Gasteiger partial charge in [-0.15, -0.1) is 0 Å². The van der Waals surface area contributed by atoms with Gasteiger partial charge in [0, 0.05) is 41.8 Å². The summed E-state index contributed by atoms with van der Waals surface area (Å²) in [5.74, 6) is 5.49. The molecule has 3 aromatic carbocycles. The van der Waals surface area contributed by atoms with Crippen molar-refractivity contribution in [2.24, 2.45) is 0 Å². The number of allylic oxidation sites excluding steroid dienone is 2. The molecule has 5 heteroatoms. The monoisotopic (exact) mass is 493 g/mol. The van der Waals surface area contributed by atoms with E-state index in [2.05, 4.69) is 47.5 Å². The highest BCUT2D eigenvalue weighted by Crippen LogP contribution is 2.34. The number of benzene rings is 3. The summed E-state index contributed by atoms with van der Waals surface area (Å²) >= 11 is 5.94. The number of halogens is 1. The molecule has 0 fully saturated rings. The highest BCUT2D eigenvalue weighted by Gasteiger charge is 2.34. The molecule has 0 radical (unpaired) electrons. The maximum absolute atomic E-state index is 12.2. The molecule has 2 aliphatic rings. The van der Waals surface area contributed by atoms with Gasteiger partial charge in [-0.1, -0.05) is 59.9 Å². The number of anilines is 1. The lowest BCUT2D eigenvalue weighted by molar-refractivity contribution is -0.127. The van der Waals surface area contributed by atoms with Crippen LogP contribution in [0.4, 0.5) is 5.69 Å². The maximum atomic E-state index is 12.2. The third kappa shape index (κ3) is 5.54. The molecule has 36 heavy (non-hydrogen) atoms. The second-order valence-corrected chi connectivity index (χ2v) is 9.43. The van der Waals surface area contributed by atoms with Crippen molar-refractivity contribution < 1.29 is 14.3 Å². The Labute approximate surface area is 215 Å². The van der Waals surface area contributed by atoms with Gasteiger partial charge in [-0.05, 0) is 65.7 Å². The Morgan fingerprint density at radius 1 is 0.917 bits per heavy atom. The first kappa shape index (κ1) is 23.5. The smallest absolute Gasteiger partial charge is 0.345 e. The minimum atomic E-state index is -0.993. The lowest BCUT2D eigenvalue weighted by Gasteiger charge is -2.32. The Balaban J connectivity index is 1.32. The van der Waals surface area contributed by atoms with E-state index in [1.54, 1.807) is 19.9 Å². The van der Waals surface area contributed by atoms with Gasteiger partial charge in [-0.3, -0.25) is 0 Å². The molecule has 1 N–H and O–H groups in total. The minimum Gasteiger partial charge on any atom is -0.452 e. The first-order chi connectivity index (χ1) is 17.3. The topological polar surface area (TPSA) is 47.6 Å². The van der Waals surface area contributed by atoms with Crippen molar-refractivity contribution in [2.45, 2.75) is 25.7 Å². The van der Waals surface area contributed by atoms with E-state index in [-0.39, 0.29) is 12.0 Å². The zero-order chi connectivity index (χ0) is 25.1. The van der Waals surface area contributed by atoms with Crippen molar-refractivity contribution in [1.82, 2.24) is 0 Å². The van der Waals surface area contributed by atoms with Gasteiger partial charge in [0.15, 0.2) is 0 Å². The Bertz CT molecular complexity index is 1450. The molecule has 3 aromatic rings. The molecule has 178 valence electrons. The molecule has 1 unspecified atom stereocenters. The van der Waals surface area contributed by atoms with Gasteiger partial charge in [-0.2, -0.15) is 0 Å². The van der Waals surface area contributed by atoms with Gasteiger partial charge in [0.2, 0.25) is 5.79 Å². The number of esters is 1. The quantitative estimate of drug-likeness (QED) is 0.315. The summed E-state index contributed by atoms with van der Waals surface area (Å²) in [6.45, 7) is 3.44. The number of carbonyl (C=O) groups is 1. The van der Waals surface area contributed by atoms with Crippen molar-refractivity contribution in [1.29, 1.82) is 0 Å². The van der Waals surface area contributed by atoms with Crippen molar-refractivity contribution >= 4 is 29.3 Å². The second kappa shape index (κ2) is 9.81. The predicted molar refractivity (Wildman–Crippen MR) is 144 cm³/mol. The summed E-state index contributed by atoms with van der Waals surface area (Å²) in [4.78, 5) is 12.2. The molecule has 0 amide bonds. The molecular formula is C31H24ClNO3. The zero-order valence-corrected chi connectivity index (χ0v) is 20.7. The summed E-state index contributed by atoms with van der Waals surface area (Å²) in [7, 11) is 0. The van der Waals surface area contributed by atoms with Crippen LogP contribution in [0.2, 0.25) is 5.02 Å². The molecule has 1 aliphatic carbocycles. The first-order valence-electron chi connectivity index (χ1n) is 11.6. The highest BCUT2D eigenvalue weighted by atomic mass is 35.5. The van der Waals surface area contributed by atoms with E-state index in [0.29, 0.717) is 16.3 Å². The van der Waals surface area contributed by atoms with E-state index in [1.165, 1.54) is 0 Å². The number of hydrogen-bond donors (Lipinski definition) is 1. The average Bonchev–Trinajstić information content (AvgIpc) is 2.85. The number of carbonyl (C=O) groups excluding carboxylic acids is 1. The molecule has 4 nitrogen and oxygen atoms in total. The second-order valence-electron chi connectivity index (χ2n) is 8.99. The lowest BCUT2D eigenvalue weighted by atomic mass is 9.98. The SMILES string of the molecule is CC1(C)OC(=O)c2ccc(NC3C=CC=CC3=Cc3ccc(C#Cc4ccc(Cl)cc4)cc3)cc2O1. The van der Waals surface area contributed by atoms with Gasteiger partial charge in [0.1, 0.15) is 11.3 Å². The van der Waals surface area contributed by atoms with Gasteiger partial charge in [-0.25, -0.2) is 4.79 Å². The van der Waals surface area contributed by atoms with Crippen LogP contribution >= 0.6 is 11.6 Å². The molecular weight excluding hydrogens is 470 g/mol. The van der Waals surface area contributed by atoms with Gasteiger partial charge in [0.05, 0.1) is 6.04 Å². The minimum absolute atomic E-state index is 0.0408. The third-order valence-electron chi connectivity index (χ3n) is 5.72. The fourth-order valence-electron chi connectivity index (χ4n) is 3.97. The van der Waals surface area contributed by atoms with Crippen LogP contribution in [0.15, 0.2) is 96.6 Å². The van der Waals surface area contributed by atoms with Crippen molar-refractivity contribution in [3.05, 3.63) is 124 Å². The van der Waals surface area contributed by atoms with E-state index >= 15 is 0 Å². The molecule has 0 bridgehead atoms. The van der Waals surface area contributed by atoms with Crippen LogP contribution in [-0.2, 0) is 4.74 Å². The lowest BCUT2D eigenvalue weighted by Crippen LogP contribution is -2.38. The van der Waals surface area contributed by atoms with E-state index in [4.69, 9.17) is 21.1 Å². The van der Waals surface area contributed by atoms with Crippen LogP contribution in [0.3, 0.4) is 0 Å². The van der Waals surface area contributed by atoms with E-state index in [1.807, 2.05) is 60.7 Å². The average molecular weight is 494 g/mol. The van der Waals surface area contributed by atoms with Crippen LogP contribution < -0.4 is 10.1 Å². The van der Waals surface area contributed by atoms with Crippen LogP contribution in [0, 0.1) is 11.8 Å². The van der Waals surface area contributed by atoms with Crippen LogP contribution in [-0.4, -0.2) is 17.8 Å². The van der Waals surface area contributed by atoms with Crippen molar-refractivity contribution in [3.8, 4) is 17.6 Å². The summed E-state index contributed by atoms with van der Waals surface area (Å²) in [6, 6.07) is 21.0. The first-order valence-corrected chi connectivity index (χ1v) is 12.0. The predicted octanol–water partition coefficient (Wildman–Crippen LogP) is 7.02. The number of rotatable bonds is 3. The van der Waals surface area contributed by atoms with E-state index < -0.39 is 5.79 Å². The number of cyclic esters (lactones) is 1. The van der Waals surface area contributed by atoms with Crippen molar-refractivity contribution in [2.75, 3.05) is 5.32 Å². The van der Waals surface area contributed by atoms with Crippen LogP contribution in [0.1, 0.15) is 40.9 Å². The number of nitrogens with one attached hydrogen (secondary N) is 1. The Morgan fingerprint density at radius 3 is 2.33 bits per heavy atom. The van der Waals surface area contributed by atoms with Gasteiger partial charge in [0.25, 0.3) is 0 Å². The van der Waals surface area contributed by atoms with Gasteiger partial charge >= 0.3 is 5.97 Å². The largest absolute Gasteiger partial charge is 0.452 e. The standard InChI is InChI=1S/C31H24ClNO3/c1-31(2)35-29-20-26(17-18-27(29)30(34)36-31)33-28-6-4-3-5-24(28)19-23-11-9-21(10-12-23)7-8-22-13-15-25(32)16-14-22/h3-6,9-20,28,33H,1-2H3. The molecule has 0 aromatic heterocycles. The normalized spacial score (nSPS) is 18.5. The molecule has 0 saturated heterocycles.